The third-order valence-corrected chi connectivity index (χ3v) is 5.85. The molecule has 5 heteroatoms. The van der Waals surface area contributed by atoms with E-state index in [4.69, 9.17) is 0 Å². The van der Waals surface area contributed by atoms with Crippen molar-refractivity contribution in [2.75, 3.05) is 5.01 Å². The fourth-order valence-corrected chi connectivity index (χ4v) is 3.86. The van der Waals surface area contributed by atoms with Crippen LogP contribution in [0.2, 0.25) is 0 Å². The molecule has 0 bridgehead atoms. The molecule has 31 heavy (non-hydrogen) atoms. The number of rotatable bonds is 16. The molecule has 5 nitrogen and oxygen atoms in total. The van der Waals surface area contributed by atoms with Gasteiger partial charge in [0.2, 0.25) is 5.91 Å². The predicted octanol–water partition coefficient (Wildman–Crippen LogP) is 6.30. The van der Waals surface area contributed by atoms with E-state index in [9.17, 15) is 14.7 Å². The van der Waals surface area contributed by atoms with Gasteiger partial charge >= 0.3 is 0 Å². The number of anilines is 1. The van der Waals surface area contributed by atoms with Gasteiger partial charge < -0.3 is 5.11 Å². The molecule has 0 unspecified atom stereocenters. The minimum absolute atomic E-state index is 0.291. The number of hydrazine groups is 1. The van der Waals surface area contributed by atoms with Crippen molar-refractivity contribution in [2.45, 2.75) is 116 Å². The highest BCUT2D eigenvalue weighted by molar-refractivity contribution is 5.96. The lowest BCUT2D eigenvalue weighted by atomic mass is 9.89. The molecule has 0 aliphatic rings. The Kier molecular flexibility index (Phi) is 13.9. The molecular weight excluding hydrogens is 388 g/mol. The zero-order chi connectivity index (χ0) is 23.0. The number of nitrogens with zero attached hydrogens (tertiary/aromatic N) is 1. The van der Waals surface area contributed by atoms with E-state index >= 15 is 0 Å². The lowest BCUT2D eigenvalue weighted by Gasteiger charge is -2.31. The molecule has 0 radical (unpaired) electrons. The molecule has 0 heterocycles. The number of carbonyl (C=O) groups excluding carboxylic acids is 2. The van der Waals surface area contributed by atoms with Crippen molar-refractivity contribution < 1.29 is 14.7 Å². The summed E-state index contributed by atoms with van der Waals surface area (Å²) < 4.78 is 0. The van der Waals surface area contributed by atoms with Crippen LogP contribution in [0.5, 0.6) is 0 Å². The van der Waals surface area contributed by atoms with Gasteiger partial charge in [0.25, 0.3) is 5.91 Å². The first-order chi connectivity index (χ1) is 14.9. The third-order valence-electron chi connectivity index (χ3n) is 5.85. The molecule has 2 N–H and O–H groups in total. The van der Waals surface area contributed by atoms with Crippen molar-refractivity contribution in [1.82, 2.24) is 5.43 Å². The quantitative estimate of drug-likeness (QED) is 0.238. The van der Waals surface area contributed by atoms with Crippen LogP contribution >= 0.6 is 0 Å². The number of amides is 2. The van der Waals surface area contributed by atoms with Crippen LogP contribution in [0.4, 0.5) is 5.69 Å². The molecule has 0 fully saturated rings. The summed E-state index contributed by atoms with van der Waals surface area (Å²) in [5.41, 5.74) is 1.83. The summed E-state index contributed by atoms with van der Waals surface area (Å²) in [5, 5.41) is 12.5. The first kappa shape index (κ1) is 27.2. The second-order valence-electron chi connectivity index (χ2n) is 8.70. The Hall–Kier alpha value is -1.88. The smallest absolute Gasteiger partial charge is 0.270 e. The zero-order valence-corrected chi connectivity index (χ0v) is 20.0. The van der Waals surface area contributed by atoms with Crippen LogP contribution in [-0.4, -0.2) is 22.5 Å². The van der Waals surface area contributed by atoms with Gasteiger partial charge in [-0.1, -0.05) is 109 Å². The standard InChI is InChI=1S/C26H44N2O3/c1-4-6-8-10-12-17-21-26(31,22-18-13-11-9-7-5-2)25(30)27-28(23(3)29)24-19-15-14-16-20-24/h14-16,19-20,31H,4-13,17-18,21-22H2,1-3H3,(H,27,30). The van der Waals surface area contributed by atoms with Gasteiger partial charge in [-0.15, -0.1) is 0 Å². The van der Waals surface area contributed by atoms with Crippen molar-refractivity contribution in [1.29, 1.82) is 0 Å². The summed E-state index contributed by atoms with van der Waals surface area (Å²) in [6.45, 7) is 5.79. The van der Waals surface area contributed by atoms with Gasteiger partial charge in [0.15, 0.2) is 0 Å². The molecule has 0 aliphatic heterocycles. The fourth-order valence-electron chi connectivity index (χ4n) is 3.86. The Balaban J connectivity index is 2.73. The average Bonchev–Trinajstić information content (AvgIpc) is 2.77. The Morgan fingerprint density at radius 1 is 0.806 bits per heavy atom. The molecule has 0 saturated heterocycles. The first-order valence-corrected chi connectivity index (χ1v) is 12.3. The van der Waals surface area contributed by atoms with Crippen LogP contribution in [0.1, 0.15) is 111 Å². The Bertz CT molecular complexity index is 602. The minimum Gasteiger partial charge on any atom is -0.380 e. The number of unbranched alkanes of at least 4 members (excludes halogenated alkanes) is 10. The van der Waals surface area contributed by atoms with Crippen LogP contribution in [0.3, 0.4) is 0 Å². The number of aliphatic hydroxyl groups is 1. The van der Waals surface area contributed by atoms with Gasteiger partial charge in [-0.3, -0.25) is 15.0 Å². The monoisotopic (exact) mass is 432 g/mol. The summed E-state index contributed by atoms with van der Waals surface area (Å²) >= 11 is 0. The van der Waals surface area contributed by atoms with Crippen LogP contribution < -0.4 is 10.4 Å². The average molecular weight is 433 g/mol. The van der Waals surface area contributed by atoms with E-state index < -0.39 is 11.5 Å². The number of carbonyl (C=O) groups is 2. The maximum Gasteiger partial charge on any atom is 0.270 e. The van der Waals surface area contributed by atoms with Crippen molar-refractivity contribution in [3.63, 3.8) is 0 Å². The van der Waals surface area contributed by atoms with Crippen molar-refractivity contribution in [2.24, 2.45) is 0 Å². The van der Waals surface area contributed by atoms with E-state index in [1.54, 1.807) is 12.1 Å². The predicted molar refractivity (Wildman–Crippen MR) is 129 cm³/mol. The van der Waals surface area contributed by atoms with Crippen LogP contribution in [0.25, 0.3) is 0 Å². The number of nitrogens with one attached hydrogen (secondary N) is 1. The maximum atomic E-state index is 13.1. The second-order valence-corrected chi connectivity index (χ2v) is 8.70. The summed E-state index contributed by atoms with van der Waals surface area (Å²) in [7, 11) is 0. The summed E-state index contributed by atoms with van der Waals surface area (Å²) in [4.78, 5) is 25.3. The van der Waals surface area contributed by atoms with Crippen LogP contribution in [0, 0.1) is 0 Å². The topological polar surface area (TPSA) is 69.6 Å². The largest absolute Gasteiger partial charge is 0.380 e. The Labute approximate surface area is 189 Å². The SMILES string of the molecule is CCCCCCCCC(O)(CCCCCCCC)C(=O)NN(C(C)=O)c1ccccc1. The van der Waals surface area contributed by atoms with Gasteiger partial charge in [0.1, 0.15) is 5.60 Å². The molecule has 176 valence electrons. The number of hydrogen-bond donors (Lipinski definition) is 2. The van der Waals surface area contributed by atoms with E-state index in [1.807, 2.05) is 18.2 Å². The molecule has 1 rings (SSSR count). The first-order valence-electron chi connectivity index (χ1n) is 12.3. The molecule has 0 saturated carbocycles. The highest BCUT2D eigenvalue weighted by atomic mass is 16.3. The van der Waals surface area contributed by atoms with Gasteiger partial charge in [-0.05, 0) is 25.0 Å². The van der Waals surface area contributed by atoms with E-state index in [2.05, 4.69) is 19.3 Å². The molecule has 0 atom stereocenters. The van der Waals surface area contributed by atoms with Crippen LogP contribution in [-0.2, 0) is 9.59 Å². The summed E-state index contributed by atoms with van der Waals surface area (Å²) in [6.07, 6.45) is 14.0. The van der Waals surface area contributed by atoms with E-state index in [0.29, 0.717) is 18.5 Å². The van der Waals surface area contributed by atoms with E-state index in [1.165, 1.54) is 50.5 Å². The molecule has 0 spiro atoms. The normalized spacial score (nSPS) is 11.4. The minimum atomic E-state index is -1.45. The van der Waals surface area contributed by atoms with Crippen LogP contribution in [0.15, 0.2) is 30.3 Å². The molecule has 0 aliphatic carbocycles. The highest BCUT2D eigenvalue weighted by Crippen LogP contribution is 2.25. The summed E-state index contributed by atoms with van der Waals surface area (Å²) in [5.74, 6) is -0.769. The number of para-hydroxylation sites is 1. The fraction of sp³-hybridized carbons (Fsp3) is 0.692. The molecule has 0 aromatic heterocycles. The van der Waals surface area contributed by atoms with Crippen molar-refractivity contribution in [3.8, 4) is 0 Å². The third kappa shape index (κ3) is 10.8. The van der Waals surface area contributed by atoms with Gasteiger partial charge in [0, 0.05) is 6.92 Å². The Morgan fingerprint density at radius 2 is 1.26 bits per heavy atom. The lowest BCUT2D eigenvalue weighted by Crippen LogP contribution is -2.55. The number of hydrogen-bond acceptors (Lipinski definition) is 3. The zero-order valence-electron chi connectivity index (χ0n) is 20.0. The lowest BCUT2D eigenvalue weighted by molar-refractivity contribution is -0.143. The molecule has 2 amide bonds. The van der Waals surface area contributed by atoms with Crippen molar-refractivity contribution in [3.05, 3.63) is 30.3 Å². The summed E-state index contributed by atoms with van der Waals surface area (Å²) in [6, 6.07) is 9.02. The second kappa shape index (κ2) is 15.9. The van der Waals surface area contributed by atoms with Crippen molar-refractivity contribution >= 4 is 17.5 Å². The highest BCUT2D eigenvalue weighted by Gasteiger charge is 2.36. The van der Waals surface area contributed by atoms with Gasteiger partial charge in [-0.25, -0.2) is 5.01 Å². The molecule has 1 aromatic carbocycles. The van der Waals surface area contributed by atoms with Gasteiger partial charge in [-0.2, -0.15) is 0 Å². The van der Waals surface area contributed by atoms with Gasteiger partial charge in [0.05, 0.1) is 5.69 Å². The molecule has 1 aromatic rings. The maximum absolute atomic E-state index is 13.1. The number of benzene rings is 1. The molecular formula is C26H44N2O3. The van der Waals surface area contributed by atoms with E-state index in [-0.39, 0.29) is 5.91 Å². The van der Waals surface area contributed by atoms with E-state index in [0.717, 1.165) is 38.5 Å². The Morgan fingerprint density at radius 3 is 1.71 bits per heavy atom.